The maximum absolute atomic E-state index is 12.4. The summed E-state index contributed by atoms with van der Waals surface area (Å²) in [5.41, 5.74) is 0. The molecule has 0 heterocycles. The van der Waals surface area contributed by atoms with Gasteiger partial charge in [0.1, 0.15) is 0 Å². The molecule has 48 heavy (non-hydrogen) atoms. The molecule has 0 aromatic heterocycles. The summed E-state index contributed by atoms with van der Waals surface area (Å²) >= 11 is 0. The van der Waals surface area contributed by atoms with E-state index in [9.17, 15) is 22.9 Å². The fourth-order valence-electron chi connectivity index (χ4n) is 4.75. The van der Waals surface area contributed by atoms with Crippen LogP contribution in [0, 0.1) is 0 Å². The van der Waals surface area contributed by atoms with Gasteiger partial charge in [0, 0.05) is 6.42 Å². The third kappa shape index (κ3) is 34.6. The third-order valence-electron chi connectivity index (χ3n) is 7.47. The van der Waals surface area contributed by atoms with Crippen LogP contribution in [-0.2, 0) is 14.9 Å². The zero-order chi connectivity index (χ0) is 35.4. The van der Waals surface area contributed by atoms with Crippen LogP contribution in [0.3, 0.4) is 0 Å². The van der Waals surface area contributed by atoms with Crippen LogP contribution < -0.4 is 5.32 Å². The highest BCUT2D eigenvalue weighted by molar-refractivity contribution is 7.85. The van der Waals surface area contributed by atoms with Crippen molar-refractivity contribution >= 4 is 16.0 Å². The van der Waals surface area contributed by atoms with Crippen LogP contribution in [0.2, 0.25) is 0 Å². The van der Waals surface area contributed by atoms with Gasteiger partial charge in [0.05, 0.1) is 17.9 Å². The predicted molar refractivity (Wildman–Crippen MR) is 207 cm³/mol. The number of aliphatic hydroxyl groups is 1. The molecule has 3 N–H and O–H groups in total. The van der Waals surface area contributed by atoms with E-state index in [2.05, 4.69) is 98.2 Å². The average Bonchev–Trinajstić information content (AvgIpc) is 3.05. The summed E-state index contributed by atoms with van der Waals surface area (Å²) in [6.07, 6.45) is 51.1. The molecule has 0 aromatic rings. The standard InChI is InChI=1S/C41H67NO5S/c1-3-5-7-9-11-13-15-17-19-21-23-25-27-29-31-33-35-37-41(44)42-39(38-48(45,46)47)40(43)36-34-32-30-28-26-24-22-20-18-16-14-12-10-8-6-4-2/h5,7,11,13,17-20,23,25-26,28-29,31,34,36,39-40,43H,3-4,6,8-10,12,14-16,21-22,24,27,30,32-33,35,37-38H2,1-2H3,(H,42,44)(H,45,46,47)/b7-5-,13-11-,19-17-,20-18+,25-23-,28-26+,31-29-,36-34+. The normalized spacial score (nSPS) is 14.5. The second-order valence-electron chi connectivity index (χ2n) is 12.1. The van der Waals surface area contributed by atoms with E-state index >= 15 is 0 Å². The van der Waals surface area contributed by atoms with Crippen LogP contribution in [0.15, 0.2) is 97.2 Å². The first-order valence-corrected chi connectivity index (χ1v) is 20.0. The zero-order valence-electron chi connectivity index (χ0n) is 30.1. The number of unbranched alkanes of at least 4 members (excludes halogenated alkanes) is 9. The van der Waals surface area contributed by atoms with Crippen LogP contribution >= 0.6 is 0 Å². The lowest BCUT2D eigenvalue weighted by Gasteiger charge is -2.21. The molecule has 0 saturated carbocycles. The number of amides is 1. The topological polar surface area (TPSA) is 104 Å². The van der Waals surface area contributed by atoms with Gasteiger partial charge >= 0.3 is 0 Å². The number of rotatable bonds is 31. The van der Waals surface area contributed by atoms with Gasteiger partial charge in [-0.3, -0.25) is 9.35 Å². The van der Waals surface area contributed by atoms with E-state index in [4.69, 9.17) is 0 Å². The van der Waals surface area contributed by atoms with Crippen LogP contribution in [0.1, 0.15) is 136 Å². The molecule has 0 bridgehead atoms. The van der Waals surface area contributed by atoms with Crippen LogP contribution in [0.4, 0.5) is 0 Å². The van der Waals surface area contributed by atoms with E-state index in [1.807, 2.05) is 6.08 Å². The summed E-state index contributed by atoms with van der Waals surface area (Å²) in [6, 6.07) is -1.11. The van der Waals surface area contributed by atoms with Gasteiger partial charge < -0.3 is 10.4 Å². The van der Waals surface area contributed by atoms with Crippen LogP contribution in [0.25, 0.3) is 0 Å². The maximum atomic E-state index is 12.4. The Kier molecular flexibility index (Phi) is 32.2. The first-order chi connectivity index (χ1) is 23.3. The molecule has 2 unspecified atom stereocenters. The van der Waals surface area contributed by atoms with E-state index in [-0.39, 0.29) is 12.3 Å². The number of carbonyl (C=O) groups is 1. The van der Waals surface area contributed by atoms with E-state index in [0.717, 1.165) is 64.2 Å². The second-order valence-corrected chi connectivity index (χ2v) is 13.6. The van der Waals surface area contributed by atoms with Crippen LogP contribution in [-0.4, -0.2) is 41.9 Å². The van der Waals surface area contributed by atoms with E-state index < -0.39 is 28.0 Å². The summed E-state index contributed by atoms with van der Waals surface area (Å²) in [5, 5.41) is 13.1. The van der Waals surface area contributed by atoms with Crippen molar-refractivity contribution in [2.75, 3.05) is 5.75 Å². The monoisotopic (exact) mass is 685 g/mol. The van der Waals surface area contributed by atoms with Crippen LogP contribution in [0.5, 0.6) is 0 Å². The quantitative estimate of drug-likeness (QED) is 0.0383. The minimum Gasteiger partial charge on any atom is -0.387 e. The van der Waals surface area contributed by atoms with Gasteiger partial charge in [-0.2, -0.15) is 8.42 Å². The van der Waals surface area contributed by atoms with E-state index in [1.54, 1.807) is 6.08 Å². The van der Waals surface area contributed by atoms with Gasteiger partial charge in [0.15, 0.2) is 0 Å². The SMILES string of the molecule is CC/C=C\C/C=C\C/C=C\C/C=C\C/C=C\CCCC(=O)NC(CS(=O)(=O)O)C(O)/C=C/CC/C=C/CC/C=C/CCCCCCCC. The molecular weight excluding hydrogens is 619 g/mol. The molecule has 0 spiro atoms. The Bertz CT molecular complexity index is 1110. The molecule has 0 aliphatic heterocycles. The van der Waals surface area contributed by atoms with Crippen molar-refractivity contribution in [2.24, 2.45) is 0 Å². The van der Waals surface area contributed by atoms with Crippen molar-refractivity contribution in [3.63, 3.8) is 0 Å². The Labute approximate surface area is 294 Å². The largest absolute Gasteiger partial charge is 0.387 e. The highest BCUT2D eigenvalue weighted by Gasteiger charge is 2.24. The molecule has 272 valence electrons. The number of carbonyl (C=O) groups excluding carboxylic acids is 1. The molecule has 0 radical (unpaired) electrons. The Hall–Kier alpha value is -2.74. The van der Waals surface area contributed by atoms with Gasteiger partial charge in [0.25, 0.3) is 10.1 Å². The number of aliphatic hydroxyl groups excluding tert-OH is 1. The van der Waals surface area contributed by atoms with E-state index in [0.29, 0.717) is 12.8 Å². The Balaban J connectivity index is 4.22. The van der Waals surface area contributed by atoms with Crippen molar-refractivity contribution in [2.45, 2.75) is 148 Å². The fraction of sp³-hybridized carbons (Fsp3) is 0.585. The number of hydrogen-bond donors (Lipinski definition) is 3. The molecule has 6 nitrogen and oxygen atoms in total. The second kappa shape index (κ2) is 34.1. The lowest BCUT2D eigenvalue weighted by atomic mass is 10.1. The number of allylic oxidation sites excluding steroid dienone is 15. The summed E-state index contributed by atoms with van der Waals surface area (Å²) in [6.45, 7) is 4.37. The van der Waals surface area contributed by atoms with Crippen molar-refractivity contribution in [3.05, 3.63) is 97.2 Å². The summed E-state index contributed by atoms with van der Waals surface area (Å²) in [7, 11) is -4.38. The fourth-order valence-corrected chi connectivity index (χ4v) is 5.48. The molecule has 0 aliphatic rings. The zero-order valence-corrected chi connectivity index (χ0v) is 30.9. The molecule has 2 atom stereocenters. The van der Waals surface area contributed by atoms with Gasteiger partial charge in [-0.1, -0.05) is 143 Å². The molecule has 1 amide bonds. The van der Waals surface area contributed by atoms with Crippen molar-refractivity contribution in [1.82, 2.24) is 5.32 Å². The molecule has 0 saturated heterocycles. The smallest absolute Gasteiger partial charge is 0.267 e. The van der Waals surface area contributed by atoms with Gasteiger partial charge in [-0.15, -0.1) is 0 Å². The lowest BCUT2D eigenvalue weighted by Crippen LogP contribution is -2.46. The highest BCUT2D eigenvalue weighted by atomic mass is 32.2. The van der Waals surface area contributed by atoms with Gasteiger partial charge in [-0.05, 0) is 83.5 Å². The third-order valence-corrected chi connectivity index (χ3v) is 8.25. The lowest BCUT2D eigenvalue weighted by molar-refractivity contribution is -0.122. The molecule has 0 fully saturated rings. The molecule has 7 heteroatoms. The molecule has 0 aliphatic carbocycles. The van der Waals surface area contributed by atoms with Crippen molar-refractivity contribution in [1.29, 1.82) is 0 Å². The minimum atomic E-state index is -4.38. The minimum absolute atomic E-state index is 0.200. The Morgan fingerprint density at radius 1 is 0.583 bits per heavy atom. The average molecular weight is 686 g/mol. The first kappa shape index (κ1) is 45.3. The predicted octanol–water partition coefficient (Wildman–Crippen LogP) is 10.6. The van der Waals surface area contributed by atoms with Gasteiger partial charge in [-0.25, -0.2) is 0 Å². The summed E-state index contributed by atoms with van der Waals surface area (Å²) < 4.78 is 32.4. The van der Waals surface area contributed by atoms with Crippen molar-refractivity contribution in [3.8, 4) is 0 Å². The number of hydrogen-bond acceptors (Lipinski definition) is 4. The first-order valence-electron chi connectivity index (χ1n) is 18.4. The van der Waals surface area contributed by atoms with Crippen molar-refractivity contribution < 1.29 is 22.9 Å². The molecule has 0 aromatic carbocycles. The van der Waals surface area contributed by atoms with Gasteiger partial charge in [0.2, 0.25) is 5.91 Å². The molecular formula is C41H67NO5S. The van der Waals surface area contributed by atoms with E-state index in [1.165, 1.54) is 44.6 Å². The highest BCUT2D eigenvalue weighted by Crippen LogP contribution is 2.08. The Morgan fingerprint density at radius 2 is 1.02 bits per heavy atom. The summed E-state index contributed by atoms with van der Waals surface area (Å²) in [4.78, 5) is 12.4. The molecule has 0 rings (SSSR count). The Morgan fingerprint density at radius 3 is 1.56 bits per heavy atom. The maximum Gasteiger partial charge on any atom is 0.267 e. The number of nitrogens with one attached hydrogen (secondary N) is 1. The summed E-state index contributed by atoms with van der Waals surface area (Å²) in [5.74, 6) is -1.10.